The number of carbonyl (C=O) groups is 1. The molecule has 0 bridgehead atoms. The van der Waals surface area contributed by atoms with Crippen LogP contribution >= 0.6 is 0 Å². The Bertz CT molecular complexity index is 207. The minimum absolute atomic E-state index is 0.207. The summed E-state index contributed by atoms with van der Waals surface area (Å²) < 4.78 is 10.7. The highest BCUT2D eigenvalue weighted by Gasteiger charge is 2.21. The third kappa shape index (κ3) is 3.32. The molecule has 1 fully saturated rings. The molecule has 0 saturated carbocycles. The first-order chi connectivity index (χ1) is 6.24. The maximum atomic E-state index is 11.3. The minimum atomic E-state index is -1.64. The van der Waals surface area contributed by atoms with E-state index in [0.717, 1.165) is 25.5 Å². The molecule has 3 nitrogen and oxygen atoms in total. The number of hydrogen-bond donors (Lipinski definition) is 0. The van der Waals surface area contributed by atoms with E-state index in [2.05, 4.69) is 0 Å². The Morgan fingerprint density at radius 3 is 2.85 bits per heavy atom. The van der Waals surface area contributed by atoms with Gasteiger partial charge >= 0.3 is 15.3 Å². The fraction of sp³-hybridized carbons (Fsp3) is 0.667. The van der Waals surface area contributed by atoms with Crippen molar-refractivity contribution in [2.45, 2.75) is 32.7 Å². The predicted molar refractivity (Wildman–Crippen MR) is 52.7 cm³/mol. The van der Waals surface area contributed by atoms with Gasteiger partial charge in [-0.3, -0.25) is 0 Å². The average molecular weight is 200 g/mol. The number of rotatable bonds is 2. The number of allylic oxidation sites excluding steroid dienone is 1. The van der Waals surface area contributed by atoms with Gasteiger partial charge in [0.1, 0.15) is 0 Å². The lowest BCUT2D eigenvalue weighted by Crippen LogP contribution is -2.30. The second-order valence-electron chi connectivity index (χ2n) is 3.17. The molecule has 1 saturated heterocycles. The van der Waals surface area contributed by atoms with E-state index < -0.39 is 9.28 Å². The second-order valence-corrected chi connectivity index (χ2v) is 5.18. The van der Waals surface area contributed by atoms with Gasteiger partial charge < -0.3 is 8.85 Å². The molecule has 0 radical (unpaired) electrons. The van der Waals surface area contributed by atoms with E-state index in [1.165, 1.54) is 0 Å². The van der Waals surface area contributed by atoms with Gasteiger partial charge in [0.05, 0.1) is 0 Å². The topological polar surface area (TPSA) is 35.5 Å². The zero-order valence-electron chi connectivity index (χ0n) is 8.21. The van der Waals surface area contributed by atoms with E-state index >= 15 is 0 Å². The third-order valence-electron chi connectivity index (χ3n) is 2.13. The molecular weight excluding hydrogens is 184 g/mol. The highest BCUT2D eigenvalue weighted by molar-refractivity contribution is 6.47. The molecule has 0 aliphatic carbocycles. The van der Waals surface area contributed by atoms with E-state index in [1.54, 1.807) is 13.0 Å². The van der Waals surface area contributed by atoms with Gasteiger partial charge in [-0.2, -0.15) is 0 Å². The van der Waals surface area contributed by atoms with Crippen molar-refractivity contribution in [2.75, 3.05) is 6.61 Å². The van der Waals surface area contributed by atoms with E-state index in [9.17, 15) is 4.79 Å². The number of carbonyl (C=O) groups excluding carboxylic acids is 1. The fourth-order valence-corrected chi connectivity index (χ4v) is 2.96. The first kappa shape index (κ1) is 10.5. The van der Waals surface area contributed by atoms with Crippen molar-refractivity contribution < 1.29 is 13.6 Å². The van der Waals surface area contributed by atoms with Crippen LogP contribution in [-0.4, -0.2) is 21.9 Å². The van der Waals surface area contributed by atoms with Crippen molar-refractivity contribution >= 4 is 15.3 Å². The molecule has 74 valence electrons. The molecule has 1 rings (SSSR count). The Morgan fingerprint density at radius 1 is 1.54 bits per heavy atom. The van der Waals surface area contributed by atoms with Gasteiger partial charge in [0.15, 0.2) is 0 Å². The molecule has 1 atom stereocenters. The standard InChI is InChI=1S/C9H16O3Si/c1-3-8(2)9(10)12-13-7-5-4-6-11-13/h3,13H,4-7H2,1-2H3. The smallest absolute Gasteiger partial charge is 0.385 e. The highest BCUT2D eigenvalue weighted by atomic mass is 28.3. The van der Waals surface area contributed by atoms with Crippen LogP contribution in [-0.2, 0) is 13.6 Å². The van der Waals surface area contributed by atoms with E-state index in [1.807, 2.05) is 6.92 Å². The minimum Gasteiger partial charge on any atom is -0.493 e. The molecule has 1 unspecified atom stereocenters. The van der Waals surface area contributed by atoms with E-state index in [4.69, 9.17) is 8.85 Å². The van der Waals surface area contributed by atoms with Crippen LogP contribution in [0.25, 0.3) is 0 Å². The highest BCUT2D eigenvalue weighted by Crippen LogP contribution is 2.12. The Morgan fingerprint density at radius 2 is 2.31 bits per heavy atom. The zero-order valence-corrected chi connectivity index (χ0v) is 9.36. The van der Waals surface area contributed by atoms with Crippen molar-refractivity contribution in [3.8, 4) is 0 Å². The van der Waals surface area contributed by atoms with Crippen LogP contribution in [0.5, 0.6) is 0 Å². The van der Waals surface area contributed by atoms with Gasteiger partial charge in [-0.1, -0.05) is 6.08 Å². The summed E-state index contributed by atoms with van der Waals surface area (Å²) in [6, 6.07) is 0.961. The van der Waals surface area contributed by atoms with Crippen LogP contribution in [0.4, 0.5) is 0 Å². The monoisotopic (exact) mass is 200 g/mol. The zero-order chi connectivity index (χ0) is 9.68. The lowest BCUT2D eigenvalue weighted by molar-refractivity contribution is -0.131. The van der Waals surface area contributed by atoms with Crippen LogP contribution in [0.2, 0.25) is 6.04 Å². The van der Waals surface area contributed by atoms with Gasteiger partial charge in [0.2, 0.25) is 0 Å². The SMILES string of the molecule is CC=C(C)C(=O)O[SiH]1CCCCO1. The Labute approximate surface area is 80.6 Å². The second kappa shape index (κ2) is 5.19. The summed E-state index contributed by atoms with van der Waals surface area (Å²) in [7, 11) is -1.64. The maximum Gasteiger partial charge on any atom is 0.385 e. The van der Waals surface area contributed by atoms with Gasteiger partial charge in [-0.25, -0.2) is 4.79 Å². The quantitative estimate of drug-likeness (QED) is 0.501. The van der Waals surface area contributed by atoms with Crippen molar-refractivity contribution in [2.24, 2.45) is 0 Å². The molecule has 1 aliphatic heterocycles. The molecular formula is C9H16O3Si. The van der Waals surface area contributed by atoms with Gasteiger partial charge in [-0.05, 0) is 32.7 Å². The molecule has 0 aromatic rings. The van der Waals surface area contributed by atoms with E-state index in [0.29, 0.717) is 5.57 Å². The Kier molecular flexibility index (Phi) is 4.18. The molecule has 0 N–H and O–H groups in total. The summed E-state index contributed by atoms with van der Waals surface area (Å²) in [5.74, 6) is -0.207. The fourth-order valence-electron chi connectivity index (χ4n) is 1.13. The molecule has 4 heteroatoms. The first-order valence-corrected chi connectivity index (χ1v) is 6.45. The van der Waals surface area contributed by atoms with E-state index in [-0.39, 0.29) is 5.97 Å². The van der Waals surface area contributed by atoms with Crippen LogP contribution in [0.3, 0.4) is 0 Å². The summed E-state index contributed by atoms with van der Waals surface area (Å²) in [4.78, 5) is 11.3. The van der Waals surface area contributed by atoms with Gasteiger partial charge in [-0.15, -0.1) is 0 Å². The Balaban J connectivity index is 2.34. The summed E-state index contributed by atoms with van der Waals surface area (Å²) in [6.45, 7) is 4.36. The first-order valence-electron chi connectivity index (χ1n) is 4.69. The predicted octanol–water partition coefficient (Wildman–Crippen LogP) is 1.53. The molecule has 13 heavy (non-hydrogen) atoms. The molecule has 0 amide bonds. The van der Waals surface area contributed by atoms with Crippen molar-refractivity contribution in [1.82, 2.24) is 0 Å². The third-order valence-corrected chi connectivity index (χ3v) is 4.10. The summed E-state index contributed by atoms with van der Waals surface area (Å²) in [5.41, 5.74) is 0.668. The maximum absolute atomic E-state index is 11.3. The summed E-state index contributed by atoms with van der Waals surface area (Å²) in [5, 5.41) is 0. The normalized spacial score (nSPS) is 24.2. The van der Waals surface area contributed by atoms with Gasteiger partial charge in [0.25, 0.3) is 0 Å². The molecule has 0 spiro atoms. The lowest BCUT2D eigenvalue weighted by atomic mass is 10.3. The van der Waals surface area contributed by atoms with Crippen molar-refractivity contribution in [1.29, 1.82) is 0 Å². The van der Waals surface area contributed by atoms with Crippen LogP contribution in [0.1, 0.15) is 26.7 Å². The summed E-state index contributed by atoms with van der Waals surface area (Å²) in [6.07, 6.45) is 4.00. The number of hydrogen-bond acceptors (Lipinski definition) is 3. The van der Waals surface area contributed by atoms with Crippen LogP contribution in [0.15, 0.2) is 11.6 Å². The van der Waals surface area contributed by atoms with Crippen LogP contribution in [0, 0.1) is 0 Å². The largest absolute Gasteiger partial charge is 0.493 e. The van der Waals surface area contributed by atoms with Crippen molar-refractivity contribution in [3.05, 3.63) is 11.6 Å². The molecule has 1 aliphatic rings. The molecule has 0 aromatic carbocycles. The van der Waals surface area contributed by atoms with Gasteiger partial charge in [0, 0.05) is 12.2 Å². The average Bonchev–Trinajstić information content (AvgIpc) is 2.18. The van der Waals surface area contributed by atoms with Crippen LogP contribution < -0.4 is 0 Å². The Hall–Kier alpha value is -0.613. The lowest BCUT2D eigenvalue weighted by Gasteiger charge is -2.20. The van der Waals surface area contributed by atoms with Crippen molar-refractivity contribution in [3.63, 3.8) is 0 Å². The molecule has 0 aromatic heterocycles. The molecule has 1 heterocycles. The summed E-state index contributed by atoms with van der Waals surface area (Å²) >= 11 is 0.